The molecule has 4 nitrogen and oxygen atoms in total. The third-order valence-electron chi connectivity index (χ3n) is 2.81. The second kappa shape index (κ2) is 4.28. The van der Waals surface area contributed by atoms with Gasteiger partial charge in [-0.3, -0.25) is 0 Å². The molecule has 2 N–H and O–H groups in total. The Balaban J connectivity index is 2.18. The molecule has 0 unspecified atom stereocenters. The molecule has 0 aliphatic carbocycles. The van der Waals surface area contributed by atoms with Crippen LogP contribution in [0.4, 0.5) is 10.1 Å². The van der Waals surface area contributed by atoms with E-state index >= 15 is 0 Å². The molecule has 19 heavy (non-hydrogen) atoms. The van der Waals surface area contributed by atoms with E-state index in [2.05, 4.69) is 4.98 Å². The average molecular weight is 258 g/mol. The molecule has 0 amide bonds. The minimum atomic E-state index is -0.362. The first-order valence-corrected chi connectivity index (χ1v) is 5.67. The van der Waals surface area contributed by atoms with Gasteiger partial charge in [0.1, 0.15) is 17.1 Å². The van der Waals surface area contributed by atoms with Crippen molar-refractivity contribution in [3.05, 3.63) is 42.2 Å². The maximum absolute atomic E-state index is 13.1. The number of oxazole rings is 1. The number of halogens is 1. The van der Waals surface area contributed by atoms with Crippen LogP contribution in [0, 0.1) is 5.82 Å². The summed E-state index contributed by atoms with van der Waals surface area (Å²) in [6, 6.07) is 9.39. The van der Waals surface area contributed by atoms with E-state index in [0.29, 0.717) is 34.0 Å². The summed E-state index contributed by atoms with van der Waals surface area (Å²) in [6.07, 6.45) is 0. The Morgan fingerprint density at radius 1 is 1.21 bits per heavy atom. The zero-order valence-electron chi connectivity index (χ0n) is 10.2. The Morgan fingerprint density at radius 2 is 2.05 bits per heavy atom. The highest BCUT2D eigenvalue weighted by Crippen LogP contribution is 2.33. The summed E-state index contributed by atoms with van der Waals surface area (Å²) in [5, 5.41) is 0. The Hall–Kier alpha value is -2.56. The van der Waals surface area contributed by atoms with Crippen LogP contribution in [0.5, 0.6) is 5.75 Å². The van der Waals surface area contributed by atoms with E-state index in [1.165, 1.54) is 12.1 Å². The number of methoxy groups -OCH3 is 1. The van der Waals surface area contributed by atoms with Gasteiger partial charge in [0.25, 0.3) is 0 Å². The Kier molecular flexibility index (Phi) is 2.59. The van der Waals surface area contributed by atoms with Gasteiger partial charge in [-0.15, -0.1) is 0 Å². The van der Waals surface area contributed by atoms with Crippen molar-refractivity contribution in [3.63, 3.8) is 0 Å². The summed E-state index contributed by atoms with van der Waals surface area (Å²) in [7, 11) is 1.54. The van der Waals surface area contributed by atoms with Crippen LogP contribution >= 0.6 is 0 Å². The number of nitrogens with zero attached hydrogens (tertiary/aromatic N) is 1. The van der Waals surface area contributed by atoms with Gasteiger partial charge in [-0.25, -0.2) is 9.37 Å². The van der Waals surface area contributed by atoms with Crippen molar-refractivity contribution in [1.29, 1.82) is 0 Å². The first-order chi connectivity index (χ1) is 9.17. The third kappa shape index (κ3) is 1.99. The van der Waals surface area contributed by atoms with E-state index in [9.17, 15) is 4.39 Å². The van der Waals surface area contributed by atoms with Gasteiger partial charge in [0, 0.05) is 17.8 Å². The number of hydrogen-bond donors (Lipinski definition) is 1. The number of ether oxygens (including phenoxy) is 1. The van der Waals surface area contributed by atoms with Gasteiger partial charge in [0.2, 0.25) is 5.89 Å². The zero-order chi connectivity index (χ0) is 13.4. The van der Waals surface area contributed by atoms with Gasteiger partial charge in [-0.1, -0.05) is 0 Å². The monoisotopic (exact) mass is 258 g/mol. The van der Waals surface area contributed by atoms with Gasteiger partial charge in [0.05, 0.1) is 12.7 Å². The number of rotatable bonds is 2. The van der Waals surface area contributed by atoms with Crippen LogP contribution < -0.4 is 10.5 Å². The maximum atomic E-state index is 13.1. The maximum Gasteiger partial charge on any atom is 0.231 e. The average Bonchev–Trinajstić information content (AvgIpc) is 2.81. The molecule has 0 aliphatic heterocycles. The number of benzene rings is 2. The Morgan fingerprint density at radius 3 is 2.84 bits per heavy atom. The van der Waals surface area contributed by atoms with Crippen LogP contribution in [0.1, 0.15) is 0 Å². The van der Waals surface area contributed by atoms with E-state index in [4.69, 9.17) is 14.9 Å². The Labute approximate surface area is 108 Å². The third-order valence-corrected chi connectivity index (χ3v) is 2.81. The number of aromatic nitrogens is 1. The molecule has 0 aliphatic rings. The van der Waals surface area contributed by atoms with Crippen molar-refractivity contribution in [2.45, 2.75) is 0 Å². The highest BCUT2D eigenvalue weighted by atomic mass is 19.1. The molecular weight excluding hydrogens is 247 g/mol. The van der Waals surface area contributed by atoms with E-state index in [1.807, 2.05) is 0 Å². The second-order valence-corrected chi connectivity index (χ2v) is 4.09. The Bertz CT molecular complexity index is 752. The van der Waals surface area contributed by atoms with Crippen molar-refractivity contribution < 1.29 is 13.5 Å². The standard InChI is InChI=1S/C14H11FN2O2/c1-18-12-7-9(16)3-4-10(12)14-17-11-5-2-8(15)6-13(11)19-14/h2-7H,16H2,1H3. The molecule has 0 spiro atoms. The van der Waals surface area contributed by atoms with E-state index < -0.39 is 0 Å². The summed E-state index contributed by atoms with van der Waals surface area (Å²) in [5.41, 5.74) is 7.95. The summed E-state index contributed by atoms with van der Waals surface area (Å²) < 4.78 is 23.9. The lowest BCUT2D eigenvalue weighted by atomic mass is 10.2. The second-order valence-electron chi connectivity index (χ2n) is 4.09. The highest BCUT2D eigenvalue weighted by Gasteiger charge is 2.13. The zero-order valence-corrected chi connectivity index (χ0v) is 10.2. The number of anilines is 1. The minimum Gasteiger partial charge on any atom is -0.496 e. The molecule has 0 bridgehead atoms. The molecule has 0 saturated heterocycles. The van der Waals surface area contributed by atoms with Gasteiger partial charge in [-0.05, 0) is 24.3 Å². The topological polar surface area (TPSA) is 61.3 Å². The highest BCUT2D eigenvalue weighted by molar-refractivity contribution is 5.78. The molecule has 0 atom stereocenters. The smallest absolute Gasteiger partial charge is 0.231 e. The van der Waals surface area contributed by atoms with Crippen LogP contribution in [0.2, 0.25) is 0 Å². The first kappa shape index (κ1) is 11.5. The van der Waals surface area contributed by atoms with Crippen molar-refractivity contribution in [1.82, 2.24) is 4.98 Å². The molecule has 1 heterocycles. The van der Waals surface area contributed by atoms with Crippen LogP contribution in [0.25, 0.3) is 22.6 Å². The van der Waals surface area contributed by atoms with Crippen molar-refractivity contribution in [2.75, 3.05) is 12.8 Å². The fraction of sp³-hybridized carbons (Fsp3) is 0.0714. The van der Waals surface area contributed by atoms with Crippen molar-refractivity contribution in [2.24, 2.45) is 0 Å². The van der Waals surface area contributed by atoms with Gasteiger partial charge < -0.3 is 14.9 Å². The SMILES string of the molecule is COc1cc(N)ccc1-c1nc2ccc(F)cc2o1. The van der Waals surface area contributed by atoms with E-state index in [-0.39, 0.29) is 5.82 Å². The van der Waals surface area contributed by atoms with E-state index in [0.717, 1.165) is 0 Å². The van der Waals surface area contributed by atoms with Gasteiger partial charge in [0.15, 0.2) is 5.58 Å². The normalized spacial score (nSPS) is 10.8. The number of hydrogen-bond acceptors (Lipinski definition) is 4. The molecule has 3 aromatic rings. The molecule has 5 heteroatoms. The summed E-state index contributed by atoms with van der Waals surface area (Å²) in [6.45, 7) is 0. The quantitative estimate of drug-likeness (QED) is 0.717. The molecular formula is C14H11FN2O2. The van der Waals surface area contributed by atoms with Crippen LogP contribution in [-0.2, 0) is 0 Å². The molecule has 0 saturated carbocycles. The predicted molar refractivity (Wildman–Crippen MR) is 70.4 cm³/mol. The molecule has 96 valence electrons. The fourth-order valence-corrected chi connectivity index (χ4v) is 1.90. The minimum absolute atomic E-state index is 0.362. The molecule has 0 radical (unpaired) electrons. The molecule has 0 fully saturated rings. The fourth-order valence-electron chi connectivity index (χ4n) is 1.90. The van der Waals surface area contributed by atoms with Gasteiger partial charge in [-0.2, -0.15) is 0 Å². The summed E-state index contributed by atoms with van der Waals surface area (Å²) >= 11 is 0. The largest absolute Gasteiger partial charge is 0.496 e. The summed E-state index contributed by atoms with van der Waals surface area (Å²) in [5.74, 6) is 0.573. The molecule has 1 aromatic heterocycles. The number of fused-ring (bicyclic) bond motifs is 1. The van der Waals surface area contributed by atoms with Crippen LogP contribution in [-0.4, -0.2) is 12.1 Å². The van der Waals surface area contributed by atoms with E-state index in [1.54, 1.807) is 31.4 Å². The van der Waals surface area contributed by atoms with Crippen LogP contribution in [0.15, 0.2) is 40.8 Å². The number of nitrogen functional groups attached to an aromatic ring is 1. The number of nitrogens with two attached hydrogens (primary N) is 1. The molecule has 3 rings (SSSR count). The lowest BCUT2D eigenvalue weighted by Gasteiger charge is -2.05. The molecule has 2 aromatic carbocycles. The first-order valence-electron chi connectivity index (χ1n) is 5.67. The lowest BCUT2D eigenvalue weighted by Crippen LogP contribution is -1.91. The van der Waals surface area contributed by atoms with Crippen molar-refractivity contribution in [3.8, 4) is 17.2 Å². The van der Waals surface area contributed by atoms with Gasteiger partial charge >= 0.3 is 0 Å². The predicted octanol–water partition coefficient (Wildman–Crippen LogP) is 3.22. The van der Waals surface area contributed by atoms with Crippen molar-refractivity contribution >= 4 is 16.8 Å². The summed E-state index contributed by atoms with van der Waals surface area (Å²) in [4.78, 5) is 4.31. The lowest BCUT2D eigenvalue weighted by molar-refractivity contribution is 0.415. The van der Waals surface area contributed by atoms with Crippen LogP contribution in [0.3, 0.4) is 0 Å².